The number of hydrogen-bond acceptors (Lipinski definition) is 5. The Kier molecular flexibility index (Phi) is 4.89. The second-order valence-electron chi connectivity index (χ2n) is 6.65. The highest BCUT2D eigenvalue weighted by Gasteiger charge is 2.47. The molecule has 3 atom stereocenters. The van der Waals surface area contributed by atoms with Gasteiger partial charge in [0, 0.05) is 49.4 Å². The van der Waals surface area contributed by atoms with E-state index in [1.807, 2.05) is 0 Å². The lowest BCUT2D eigenvalue weighted by Crippen LogP contribution is -2.37. The number of amides is 1. The summed E-state index contributed by atoms with van der Waals surface area (Å²) in [6, 6.07) is 3.33. The van der Waals surface area contributed by atoms with Gasteiger partial charge in [-0.2, -0.15) is 4.31 Å². The van der Waals surface area contributed by atoms with Gasteiger partial charge in [-0.05, 0) is 26.0 Å². The lowest BCUT2D eigenvalue weighted by Gasteiger charge is -2.21. The molecule has 8 heteroatoms. The summed E-state index contributed by atoms with van der Waals surface area (Å²) in [7, 11) is -3.26. The third-order valence-electron chi connectivity index (χ3n) is 4.83. The fourth-order valence-corrected chi connectivity index (χ4v) is 4.64. The lowest BCUT2D eigenvalue weighted by atomic mass is 9.93. The van der Waals surface area contributed by atoms with Crippen molar-refractivity contribution in [2.24, 2.45) is 11.8 Å². The maximum Gasteiger partial charge on any atom is 0.251 e. The van der Waals surface area contributed by atoms with Crippen LogP contribution in [-0.2, 0) is 14.8 Å². The molecule has 3 heterocycles. The van der Waals surface area contributed by atoms with Crippen LogP contribution in [0.5, 0.6) is 0 Å². The first-order chi connectivity index (χ1) is 11.4. The summed E-state index contributed by atoms with van der Waals surface area (Å²) in [5.41, 5.74) is 0.566. The zero-order chi connectivity index (χ0) is 17.3. The van der Waals surface area contributed by atoms with Gasteiger partial charge in [0.25, 0.3) is 5.91 Å². The molecule has 1 amide bonds. The second-order valence-corrected chi connectivity index (χ2v) is 9.14. The van der Waals surface area contributed by atoms with E-state index in [1.54, 1.807) is 38.4 Å². The molecule has 3 rings (SSSR count). The second kappa shape index (κ2) is 6.78. The summed E-state index contributed by atoms with van der Waals surface area (Å²) in [5.74, 6) is 0.120. The molecule has 0 radical (unpaired) electrons. The average molecular weight is 353 g/mol. The molecule has 0 spiro atoms. The van der Waals surface area contributed by atoms with E-state index in [-0.39, 0.29) is 23.8 Å². The van der Waals surface area contributed by atoms with E-state index in [9.17, 15) is 13.2 Å². The van der Waals surface area contributed by atoms with Crippen LogP contribution in [0.1, 0.15) is 24.2 Å². The van der Waals surface area contributed by atoms with Crippen molar-refractivity contribution in [2.75, 3.05) is 26.2 Å². The van der Waals surface area contributed by atoms with Gasteiger partial charge in [-0.3, -0.25) is 9.78 Å². The van der Waals surface area contributed by atoms with Crippen molar-refractivity contribution in [2.45, 2.75) is 25.2 Å². The normalized spacial score (nSPS) is 27.4. The molecule has 0 unspecified atom stereocenters. The predicted octanol–water partition coefficient (Wildman–Crippen LogP) is 0.496. The zero-order valence-corrected chi connectivity index (χ0v) is 14.7. The third-order valence-corrected chi connectivity index (χ3v) is 7.04. The summed E-state index contributed by atoms with van der Waals surface area (Å²) in [4.78, 5) is 16.0. The molecule has 0 aliphatic carbocycles. The standard InChI is InChI=1S/C16H23N3O4S/c1-11(2)24(21,22)19-8-14-13(10-23-15(14)9-19)7-18-16(20)12-3-5-17-6-4-12/h3-6,11,13-15H,7-10H2,1-2H3,(H,18,20)/t13-,14+,15+/m0/s1. The number of hydrogen-bond donors (Lipinski definition) is 1. The number of rotatable bonds is 5. The zero-order valence-electron chi connectivity index (χ0n) is 13.9. The number of sulfonamides is 1. The van der Waals surface area contributed by atoms with Crippen molar-refractivity contribution in [1.29, 1.82) is 0 Å². The monoisotopic (exact) mass is 353 g/mol. The van der Waals surface area contributed by atoms with Gasteiger partial charge in [0.15, 0.2) is 0 Å². The first kappa shape index (κ1) is 17.3. The summed E-state index contributed by atoms with van der Waals surface area (Å²) in [6.07, 6.45) is 3.09. The van der Waals surface area contributed by atoms with Gasteiger partial charge in [0.2, 0.25) is 10.0 Å². The fourth-order valence-electron chi connectivity index (χ4n) is 3.31. The Morgan fingerprint density at radius 3 is 2.75 bits per heavy atom. The minimum absolute atomic E-state index is 0.0682. The van der Waals surface area contributed by atoms with E-state index in [0.717, 1.165) is 0 Å². The van der Waals surface area contributed by atoms with Gasteiger partial charge >= 0.3 is 0 Å². The van der Waals surface area contributed by atoms with Gasteiger partial charge < -0.3 is 10.1 Å². The molecule has 1 aromatic heterocycles. The molecular formula is C16H23N3O4S. The van der Waals surface area contributed by atoms with Crippen LogP contribution in [-0.4, -0.2) is 61.2 Å². The summed E-state index contributed by atoms with van der Waals surface area (Å²) < 4.78 is 31.9. The first-order valence-corrected chi connectivity index (χ1v) is 9.68. The van der Waals surface area contributed by atoms with Crippen molar-refractivity contribution in [3.05, 3.63) is 30.1 Å². The van der Waals surface area contributed by atoms with Crippen molar-refractivity contribution in [3.8, 4) is 0 Å². The number of pyridine rings is 1. The maximum absolute atomic E-state index is 12.3. The molecule has 2 aliphatic heterocycles. The maximum atomic E-state index is 12.3. The molecule has 1 N–H and O–H groups in total. The highest BCUT2D eigenvalue weighted by Crippen LogP contribution is 2.35. The average Bonchev–Trinajstić information content (AvgIpc) is 3.14. The number of nitrogens with zero attached hydrogens (tertiary/aromatic N) is 2. The molecule has 0 saturated carbocycles. The van der Waals surface area contributed by atoms with Gasteiger partial charge in [-0.25, -0.2) is 8.42 Å². The van der Waals surface area contributed by atoms with Crippen LogP contribution in [0.25, 0.3) is 0 Å². The molecule has 2 fully saturated rings. The fraction of sp³-hybridized carbons (Fsp3) is 0.625. The van der Waals surface area contributed by atoms with Crippen molar-refractivity contribution in [1.82, 2.24) is 14.6 Å². The van der Waals surface area contributed by atoms with Gasteiger partial charge in [-0.15, -0.1) is 0 Å². The van der Waals surface area contributed by atoms with E-state index in [1.165, 1.54) is 4.31 Å². The van der Waals surface area contributed by atoms with E-state index < -0.39 is 15.3 Å². The Morgan fingerprint density at radius 1 is 1.38 bits per heavy atom. The molecule has 1 aromatic rings. The van der Waals surface area contributed by atoms with Crippen LogP contribution in [0.4, 0.5) is 0 Å². The Hall–Kier alpha value is -1.51. The van der Waals surface area contributed by atoms with Crippen LogP contribution in [0.2, 0.25) is 0 Å². The van der Waals surface area contributed by atoms with E-state index in [2.05, 4.69) is 10.3 Å². The molecule has 2 aliphatic rings. The Balaban J connectivity index is 1.58. The number of ether oxygens (including phenoxy) is 1. The van der Waals surface area contributed by atoms with Gasteiger partial charge in [-0.1, -0.05) is 0 Å². The molecule has 0 aromatic carbocycles. The number of fused-ring (bicyclic) bond motifs is 1. The van der Waals surface area contributed by atoms with Crippen LogP contribution in [0, 0.1) is 11.8 Å². The quantitative estimate of drug-likeness (QED) is 0.833. The van der Waals surface area contributed by atoms with Crippen LogP contribution >= 0.6 is 0 Å². The van der Waals surface area contributed by atoms with E-state index in [0.29, 0.717) is 31.8 Å². The van der Waals surface area contributed by atoms with Crippen molar-refractivity contribution in [3.63, 3.8) is 0 Å². The lowest BCUT2D eigenvalue weighted by molar-refractivity contribution is 0.0932. The van der Waals surface area contributed by atoms with E-state index >= 15 is 0 Å². The van der Waals surface area contributed by atoms with E-state index in [4.69, 9.17) is 4.74 Å². The van der Waals surface area contributed by atoms with Crippen LogP contribution < -0.4 is 5.32 Å². The Labute approximate surface area is 142 Å². The third kappa shape index (κ3) is 3.31. The molecule has 0 bridgehead atoms. The van der Waals surface area contributed by atoms with Crippen LogP contribution in [0.3, 0.4) is 0 Å². The first-order valence-electron chi connectivity index (χ1n) is 8.18. The highest BCUT2D eigenvalue weighted by molar-refractivity contribution is 7.89. The SMILES string of the molecule is CC(C)S(=O)(=O)N1C[C@@H]2[C@@H](CNC(=O)c3ccncc3)CO[C@@H]2C1. The van der Waals surface area contributed by atoms with Crippen molar-refractivity contribution >= 4 is 15.9 Å². The number of aromatic nitrogens is 1. The highest BCUT2D eigenvalue weighted by atomic mass is 32.2. The van der Waals surface area contributed by atoms with Crippen LogP contribution in [0.15, 0.2) is 24.5 Å². The molecular weight excluding hydrogens is 330 g/mol. The smallest absolute Gasteiger partial charge is 0.251 e. The Morgan fingerprint density at radius 2 is 2.08 bits per heavy atom. The van der Waals surface area contributed by atoms with Gasteiger partial charge in [0.1, 0.15) is 0 Å². The molecule has 2 saturated heterocycles. The summed E-state index contributed by atoms with van der Waals surface area (Å²) in [6.45, 7) is 5.31. The number of carbonyl (C=O) groups excluding carboxylic acids is 1. The Bertz CT molecular complexity index is 693. The predicted molar refractivity (Wildman–Crippen MR) is 88.9 cm³/mol. The minimum Gasteiger partial charge on any atom is -0.376 e. The van der Waals surface area contributed by atoms with Gasteiger partial charge in [0.05, 0.1) is 18.0 Å². The molecule has 132 valence electrons. The molecule has 7 nitrogen and oxygen atoms in total. The minimum atomic E-state index is -3.26. The number of carbonyl (C=O) groups is 1. The summed E-state index contributed by atoms with van der Waals surface area (Å²) >= 11 is 0. The van der Waals surface area contributed by atoms with Crippen molar-refractivity contribution < 1.29 is 17.9 Å². The number of nitrogens with one attached hydrogen (secondary N) is 1. The largest absolute Gasteiger partial charge is 0.376 e. The summed E-state index contributed by atoms with van der Waals surface area (Å²) in [5, 5.41) is 2.49. The topological polar surface area (TPSA) is 88.6 Å². The molecule has 24 heavy (non-hydrogen) atoms.